The van der Waals surface area contributed by atoms with Gasteiger partial charge in [0.25, 0.3) is 5.91 Å². The van der Waals surface area contributed by atoms with E-state index >= 15 is 0 Å². The van der Waals surface area contributed by atoms with Gasteiger partial charge in [0.15, 0.2) is 6.61 Å². The van der Waals surface area contributed by atoms with E-state index in [-0.39, 0.29) is 5.57 Å². The number of carboxylic acids is 1. The number of amides is 1. The number of fused-ring (bicyclic) bond motifs is 1. The van der Waals surface area contributed by atoms with Crippen LogP contribution in [0.25, 0.3) is 16.8 Å². The first-order valence-electron chi connectivity index (χ1n) is 8.52. The maximum atomic E-state index is 12.5. The first-order valence-corrected chi connectivity index (χ1v) is 9.31. The molecule has 0 aliphatic heterocycles. The highest BCUT2D eigenvalue weighted by Crippen LogP contribution is 2.27. The number of carboxylic acid groups (broad SMARTS) is 1. The lowest BCUT2D eigenvalue weighted by atomic mass is 10.1. The van der Waals surface area contributed by atoms with Crippen molar-refractivity contribution in [2.45, 2.75) is 0 Å². The van der Waals surface area contributed by atoms with Gasteiger partial charge < -0.3 is 15.2 Å². The largest absolute Gasteiger partial charge is 0.481 e. The minimum atomic E-state index is -1.09. The number of nitrogens with zero attached hydrogens (tertiary/aromatic N) is 1. The molecule has 144 valence electrons. The first kappa shape index (κ1) is 20.1. The Bertz CT molecular complexity index is 1160. The predicted octanol–water partition coefficient (Wildman–Crippen LogP) is 4.61. The van der Waals surface area contributed by atoms with E-state index in [1.165, 1.54) is 6.08 Å². The molecular weight excluding hydrogens is 436 g/mol. The second-order valence-corrected chi connectivity index (χ2v) is 6.91. The summed E-state index contributed by atoms with van der Waals surface area (Å²) in [5, 5.41) is 22.8. The van der Waals surface area contributed by atoms with Crippen molar-refractivity contribution in [1.29, 1.82) is 5.26 Å². The number of nitrogens with one attached hydrogen (secondary N) is 1. The Morgan fingerprint density at radius 1 is 1.10 bits per heavy atom. The quantitative estimate of drug-likeness (QED) is 0.421. The lowest BCUT2D eigenvalue weighted by Crippen LogP contribution is -2.13. The summed E-state index contributed by atoms with van der Waals surface area (Å²) < 4.78 is 5.65. The van der Waals surface area contributed by atoms with Crippen LogP contribution in [0.5, 0.6) is 5.75 Å². The number of aliphatic carboxylic acids is 1. The lowest BCUT2D eigenvalue weighted by molar-refractivity contribution is -0.139. The molecular formula is C22H15BrN2O4. The molecule has 0 heterocycles. The van der Waals surface area contributed by atoms with Crippen LogP contribution < -0.4 is 10.1 Å². The van der Waals surface area contributed by atoms with E-state index in [0.29, 0.717) is 21.5 Å². The number of ether oxygens (including phenoxy) is 1. The number of anilines is 1. The van der Waals surface area contributed by atoms with E-state index in [1.54, 1.807) is 24.3 Å². The zero-order chi connectivity index (χ0) is 20.8. The van der Waals surface area contributed by atoms with Crippen LogP contribution in [-0.2, 0) is 9.59 Å². The van der Waals surface area contributed by atoms with Gasteiger partial charge in [-0.3, -0.25) is 4.79 Å². The Morgan fingerprint density at radius 2 is 1.86 bits per heavy atom. The van der Waals surface area contributed by atoms with Gasteiger partial charge in [-0.1, -0.05) is 36.4 Å². The minimum Gasteiger partial charge on any atom is -0.481 e. The van der Waals surface area contributed by atoms with Crippen molar-refractivity contribution in [3.05, 3.63) is 76.3 Å². The molecule has 0 fully saturated rings. The molecule has 29 heavy (non-hydrogen) atoms. The van der Waals surface area contributed by atoms with E-state index in [2.05, 4.69) is 21.2 Å². The van der Waals surface area contributed by atoms with Gasteiger partial charge in [-0.05, 0) is 62.6 Å². The van der Waals surface area contributed by atoms with Crippen LogP contribution in [0, 0.1) is 11.3 Å². The highest BCUT2D eigenvalue weighted by atomic mass is 79.9. The summed E-state index contributed by atoms with van der Waals surface area (Å²) in [6.07, 6.45) is 1.45. The van der Waals surface area contributed by atoms with Crippen molar-refractivity contribution in [3.63, 3.8) is 0 Å². The van der Waals surface area contributed by atoms with Crippen LogP contribution in [-0.4, -0.2) is 23.6 Å². The summed E-state index contributed by atoms with van der Waals surface area (Å²) in [5.41, 5.74) is 1.11. The summed E-state index contributed by atoms with van der Waals surface area (Å²) in [7, 11) is 0. The lowest BCUT2D eigenvalue weighted by Gasteiger charge is -2.08. The molecule has 0 atom stereocenters. The third kappa shape index (κ3) is 5.21. The fourth-order valence-corrected chi connectivity index (χ4v) is 3.16. The van der Waals surface area contributed by atoms with Crippen LogP contribution in [0.2, 0.25) is 0 Å². The van der Waals surface area contributed by atoms with Gasteiger partial charge in [0, 0.05) is 5.69 Å². The summed E-state index contributed by atoms with van der Waals surface area (Å²) in [5.74, 6) is -1.26. The summed E-state index contributed by atoms with van der Waals surface area (Å²) >= 11 is 3.29. The van der Waals surface area contributed by atoms with Crippen molar-refractivity contribution in [3.8, 4) is 11.8 Å². The number of carbonyl (C=O) groups is 2. The Labute approximate surface area is 175 Å². The molecule has 0 bridgehead atoms. The van der Waals surface area contributed by atoms with Crippen LogP contribution in [0.4, 0.5) is 5.69 Å². The molecule has 0 aliphatic rings. The van der Waals surface area contributed by atoms with Gasteiger partial charge in [0.1, 0.15) is 17.4 Å². The molecule has 3 aromatic carbocycles. The highest BCUT2D eigenvalue weighted by Gasteiger charge is 2.11. The number of halogens is 1. The van der Waals surface area contributed by atoms with Crippen molar-refractivity contribution in [1.82, 2.24) is 0 Å². The molecule has 6 nitrogen and oxygen atoms in total. The number of hydrogen-bond acceptors (Lipinski definition) is 4. The number of benzene rings is 3. The van der Waals surface area contributed by atoms with Crippen molar-refractivity contribution >= 4 is 50.3 Å². The van der Waals surface area contributed by atoms with Crippen LogP contribution in [0.1, 0.15) is 5.56 Å². The molecule has 0 aromatic heterocycles. The maximum absolute atomic E-state index is 12.5. The van der Waals surface area contributed by atoms with Gasteiger partial charge in [-0.15, -0.1) is 0 Å². The fourth-order valence-electron chi connectivity index (χ4n) is 2.64. The van der Waals surface area contributed by atoms with Crippen molar-refractivity contribution < 1.29 is 19.4 Å². The van der Waals surface area contributed by atoms with Crippen LogP contribution >= 0.6 is 15.9 Å². The van der Waals surface area contributed by atoms with Crippen molar-refractivity contribution in [2.75, 3.05) is 11.9 Å². The SMILES string of the molecule is N#C/C(=C/c1ccc(OCC(=O)O)c(Br)c1)C(=O)Nc1ccc2ccccc2c1. The first-order chi connectivity index (χ1) is 14.0. The molecule has 7 heteroatoms. The van der Waals surface area contributed by atoms with Crippen LogP contribution in [0.3, 0.4) is 0 Å². The molecule has 0 unspecified atom stereocenters. The molecule has 0 aliphatic carbocycles. The van der Waals surface area contributed by atoms with E-state index in [4.69, 9.17) is 9.84 Å². The number of carbonyl (C=O) groups excluding carboxylic acids is 1. The smallest absolute Gasteiger partial charge is 0.341 e. The standard InChI is InChI=1S/C22H15BrN2O4/c23-19-10-14(5-8-20(19)29-13-21(26)27)9-17(12-24)22(28)25-18-7-6-15-3-1-2-4-16(15)11-18/h1-11H,13H2,(H,25,28)(H,26,27)/b17-9-. The van der Waals surface area contributed by atoms with E-state index in [9.17, 15) is 14.9 Å². The average Bonchev–Trinajstić information content (AvgIpc) is 2.71. The van der Waals surface area contributed by atoms with Gasteiger partial charge in [-0.25, -0.2) is 4.79 Å². The van der Waals surface area contributed by atoms with Gasteiger partial charge in [0.2, 0.25) is 0 Å². The number of rotatable bonds is 6. The third-order valence-electron chi connectivity index (χ3n) is 3.99. The van der Waals surface area contributed by atoms with Gasteiger partial charge in [-0.2, -0.15) is 5.26 Å². The molecule has 2 N–H and O–H groups in total. The van der Waals surface area contributed by atoms with Gasteiger partial charge >= 0.3 is 5.97 Å². The Hall–Kier alpha value is -3.63. The third-order valence-corrected chi connectivity index (χ3v) is 4.61. The number of nitriles is 1. The molecule has 0 saturated carbocycles. The molecule has 0 saturated heterocycles. The van der Waals surface area contributed by atoms with E-state index in [0.717, 1.165) is 10.8 Å². The summed E-state index contributed by atoms with van der Waals surface area (Å²) in [4.78, 5) is 23.1. The van der Waals surface area contributed by atoms with Crippen LogP contribution in [0.15, 0.2) is 70.7 Å². The summed E-state index contributed by atoms with van der Waals surface area (Å²) in [6.45, 7) is -0.467. The fraction of sp³-hybridized carbons (Fsp3) is 0.0455. The summed E-state index contributed by atoms with van der Waals surface area (Å²) in [6, 6.07) is 20.0. The highest BCUT2D eigenvalue weighted by molar-refractivity contribution is 9.10. The maximum Gasteiger partial charge on any atom is 0.341 e. The Kier molecular flexibility index (Phi) is 6.27. The molecule has 3 rings (SSSR count). The Morgan fingerprint density at radius 3 is 2.55 bits per heavy atom. The molecule has 0 spiro atoms. The normalized spacial score (nSPS) is 11.0. The average molecular weight is 451 g/mol. The molecule has 1 amide bonds. The second-order valence-electron chi connectivity index (χ2n) is 6.06. The second kappa shape index (κ2) is 9.04. The van der Waals surface area contributed by atoms with Gasteiger partial charge in [0.05, 0.1) is 4.47 Å². The monoisotopic (exact) mass is 450 g/mol. The zero-order valence-electron chi connectivity index (χ0n) is 15.1. The van der Waals surface area contributed by atoms with E-state index in [1.807, 2.05) is 42.5 Å². The minimum absolute atomic E-state index is 0.0655. The Balaban J connectivity index is 1.77. The molecule has 0 radical (unpaired) electrons. The van der Waals surface area contributed by atoms with E-state index < -0.39 is 18.5 Å². The van der Waals surface area contributed by atoms with Crippen molar-refractivity contribution in [2.24, 2.45) is 0 Å². The molecule has 3 aromatic rings. The number of hydrogen-bond donors (Lipinski definition) is 2. The zero-order valence-corrected chi connectivity index (χ0v) is 16.6. The predicted molar refractivity (Wildman–Crippen MR) is 113 cm³/mol. The topological polar surface area (TPSA) is 99.4 Å².